The first-order valence-electron chi connectivity index (χ1n) is 4.81. The smallest absolute Gasteiger partial charge is 0.349 e. The van der Waals surface area contributed by atoms with Crippen LogP contribution in [0.1, 0.15) is 32.1 Å². The molecule has 15 heavy (non-hydrogen) atoms. The minimum Gasteiger partial charge on any atom is -0.349 e. The van der Waals surface area contributed by atoms with E-state index in [9.17, 15) is 18.0 Å². The number of carbonyl (C=O) groups is 1. The van der Waals surface area contributed by atoms with Gasteiger partial charge in [0.15, 0.2) is 0 Å². The van der Waals surface area contributed by atoms with Crippen LogP contribution >= 0.6 is 11.6 Å². The van der Waals surface area contributed by atoms with Gasteiger partial charge in [-0.3, -0.25) is 4.79 Å². The fraction of sp³-hybridized carbons (Fsp3) is 0.889. The van der Waals surface area contributed by atoms with E-state index in [1.165, 1.54) is 0 Å². The van der Waals surface area contributed by atoms with Crippen molar-refractivity contribution in [2.24, 2.45) is 0 Å². The Balaban J connectivity index is 2.29. The summed E-state index contributed by atoms with van der Waals surface area (Å²) in [5, 5.41) is 2.58. The van der Waals surface area contributed by atoms with Crippen LogP contribution in [-0.2, 0) is 4.79 Å². The highest BCUT2D eigenvalue weighted by Crippen LogP contribution is 2.33. The van der Waals surface area contributed by atoms with Gasteiger partial charge >= 0.3 is 6.18 Å². The molecule has 1 aliphatic rings. The van der Waals surface area contributed by atoms with Gasteiger partial charge in [0.1, 0.15) is 0 Å². The predicted molar refractivity (Wildman–Crippen MR) is 50.7 cm³/mol. The van der Waals surface area contributed by atoms with E-state index in [0.717, 1.165) is 19.3 Å². The average molecular weight is 244 g/mol. The lowest BCUT2D eigenvalue weighted by atomic mass is 9.78. The zero-order chi connectivity index (χ0) is 11.5. The molecular weight excluding hydrogens is 231 g/mol. The maximum Gasteiger partial charge on any atom is 0.389 e. The predicted octanol–water partition coefficient (Wildman–Crippen LogP) is 2.61. The van der Waals surface area contributed by atoms with Gasteiger partial charge in [0.25, 0.3) is 0 Å². The van der Waals surface area contributed by atoms with Gasteiger partial charge in [0, 0.05) is 12.3 Å². The molecule has 0 saturated heterocycles. The molecule has 0 bridgehead atoms. The summed E-state index contributed by atoms with van der Waals surface area (Å²) in [6.45, 7) is 0. The van der Waals surface area contributed by atoms with Gasteiger partial charge in [-0.1, -0.05) is 0 Å². The fourth-order valence-electron chi connectivity index (χ4n) is 1.51. The molecule has 2 nitrogen and oxygen atoms in total. The Hall–Kier alpha value is -0.450. The number of alkyl halides is 4. The van der Waals surface area contributed by atoms with Crippen LogP contribution in [0.4, 0.5) is 13.2 Å². The van der Waals surface area contributed by atoms with Crippen molar-refractivity contribution < 1.29 is 18.0 Å². The summed E-state index contributed by atoms with van der Waals surface area (Å²) in [6.07, 6.45) is -3.38. The van der Waals surface area contributed by atoms with Gasteiger partial charge in [0.05, 0.1) is 12.0 Å². The fourth-order valence-corrected chi connectivity index (χ4v) is 1.84. The third kappa shape index (κ3) is 3.89. The van der Waals surface area contributed by atoms with Gasteiger partial charge < -0.3 is 5.32 Å². The Morgan fingerprint density at radius 2 is 2.00 bits per heavy atom. The lowest BCUT2D eigenvalue weighted by Gasteiger charge is -2.41. The number of amides is 1. The largest absolute Gasteiger partial charge is 0.389 e. The van der Waals surface area contributed by atoms with Crippen molar-refractivity contribution in [2.45, 2.75) is 43.8 Å². The molecule has 1 N–H and O–H groups in total. The molecule has 0 unspecified atom stereocenters. The number of nitrogens with one attached hydrogen (secondary N) is 1. The maximum atomic E-state index is 11.8. The second-order valence-corrected chi connectivity index (χ2v) is 4.20. The molecule has 6 heteroatoms. The zero-order valence-corrected chi connectivity index (χ0v) is 8.92. The van der Waals surface area contributed by atoms with Crippen molar-refractivity contribution in [3.8, 4) is 0 Å². The number of carbonyl (C=O) groups excluding carboxylic acids is 1. The van der Waals surface area contributed by atoms with Gasteiger partial charge in [-0.25, -0.2) is 0 Å². The number of hydrogen-bond donors (Lipinski definition) is 1. The highest BCUT2D eigenvalue weighted by atomic mass is 35.5. The summed E-state index contributed by atoms with van der Waals surface area (Å²) in [5.41, 5.74) is -0.440. The van der Waals surface area contributed by atoms with Crippen molar-refractivity contribution in [3.05, 3.63) is 0 Å². The van der Waals surface area contributed by atoms with E-state index < -0.39 is 30.5 Å². The van der Waals surface area contributed by atoms with Crippen LogP contribution in [0, 0.1) is 0 Å². The molecule has 0 aromatic heterocycles. The molecule has 0 aromatic carbocycles. The highest BCUT2D eigenvalue weighted by molar-refractivity contribution is 6.18. The molecule has 1 amide bonds. The average Bonchev–Trinajstić information content (AvgIpc) is 2.07. The Kier molecular flexibility index (Phi) is 3.87. The van der Waals surface area contributed by atoms with E-state index >= 15 is 0 Å². The van der Waals surface area contributed by atoms with Gasteiger partial charge in [-0.05, 0) is 19.3 Å². The van der Waals surface area contributed by atoms with E-state index in [0.29, 0.717) is 0 Å². The molecule has 0 aromatic rings. The van der Waals surface area contributed by atoms with Crippen LogP contribution < -0.4 is 5.32 Å². The summed E-state index contributed by atoms with van der Waals surface area (Å²) in [6, 6.07) is 0. The SMILES string of the molecule is O=C(CCC(F)(F)F)NC1(CCl)CCC1. The molecule has 0 heterocycles. The Morgan fingerprint density at radius 3 is 2.33 bits per heavy atom. The van der Waals surface area contributed by atoms with E-state index in [2.05, 4.69) is 5.32 Å². The van der Waals surface area contributed by atoms with Gasteiger partial charge in [-0.2, -0.15) is 13.2 Å². The van der Waals surface area contributed by atoms with Gasteiger partial charge in [0.2, 0.25) is 5.91 Å². The Labute approximate surface area is 91.2 Å². The standard InChI is InChI=1S/C9H13ClF3NO/c10-6-8(3-1-4-8)14-7(15)2-5-9(11,12)13/h1-6H2,(H,14,15). The van der Waals surface area contributed by atoms with Crippen molar-refractivity contribution in [1.82, 2.24) is 5.32 Å². The van der Waals surface area contributed by atoms with Crippen LogP contribution in [0.15, 0.2) is 0 Å². The molecule has 1 aliphatic carbocycles. The van der Waals surface area contributed by atoms with Crippen molar-refractivity contribution in [1.29, 1.82) is 0 Å². The van der Waals surface area contributed by atoms with E-state index in [1.807, 2.05) is 0 Å². The first-order chi connectivity index (χ1) is 6.87. The Morgan fingerprint density at radius 1 is 1.40 bits per heavy atom. The van der Waals surface area contributed by atoms with E-state index in [-0.39, 0.29) is 5.88 Å². The summed E-state index contributed by atoms with van der Waals surface area (Å²) in [7, 11) is 0. The minimum absolute atomic E-state index is 0.269. The first kappa shape index (κ1) is 12.6. The van der Waals surface area contributed by atoms with Crippen LogP contribution in [0.25, 0.3) is 0 Å². The molecule has 1 saturated carbocycles. The van der Waals surface area contributed by atoms with E-state index in [1.54, 1.807) is 0 Å². The number of rotatable bonds is 4. The first-order valence-corrected chi connectivity index (χ1v) is 5.34. The van der Waals surface area contributed by atoms with Gasteiger partial charge in [-0.15, -0.1) is 11.6 Å². The highest BCUT2D eigenvalue weighted by Gasteiger charge is 2.38. The summed E-state index contributed by atoms with van der Waals surface area (Å²) in [5.74, 6) is -0.294. The van der Waals surface area contributed by atoms with Crippen LogP contribution in [0.3, 0.4) is 0 Å². The molecule has 0 atom stereocenters. The van der Waals surface area contributed by atoms with Crippen molar-refractivity contribution in [3.63, 3.8) is 0 Å². The third-order valence-electron chi connectivity index (χ3n) is 2.61. The molecule has 0 aliphatic heterocycles. The topological polar surface area (TPSA) is 29.1 Å². The summed E-state index contributed by atoms with van der Waals surface area (Å²) < 4.78 is 35.5. The molecule has 1 rings (SSSR count). The maximum absolute atomic E-state index is 11.8. The molecule has 0 spiro atoms. The molecular formula is C9H13ClF3NO. The molecule has 88 valence electrons. The second kappa shape index (κ2) is 4.60. The van der Waals surface area contributed by atoms with Crippen molar-refractivity contribution in [2.75, 3.05) is 5.88 Å². The number of hydrogen-bond acceptors (Lipinski definition) is 1. The summed E-state index contributed by atoms with van der Waals surface area (Å²) in [4.78, 5) is 11.2. The third-order valence-corrected chi connectivity index (χ3v) is 3.12. The molecule has 1 fully saturated rings. The Bertz CT molecular complexity index is 232. The number of halogens is 4. The van der Waals surface area contributed by atoms with Crippen molar-refractivity contribution >= 4 is 17.5 Å². The normalized spacial score (nSPS) is 19.5. The quantitative estimate of drug-likeness (QED) is 0.756. The second-order valence-electron chi connectivity index (χ2n) is 3.93. The lowest BCUT2D eigenvalue weighted by Crippen LogP contribution is -2.55. The van der Waals surface area contributed by atoms with Crippen LogP contribution in [0.2, 0.25) is 0 Å². The van der Waals surface area contributed by atoms with E-state index in [4.69, 9.17) is 11.6 Å². The lowest BCUT2D eigenvalue weighted by molar-refractivity contribution is -0.145. The monoisotopic (exact) mass is 243 g/mol. The van der Waals surface area contributed by atoms with Crippen LogP contribution in [-0.4, -0.2) is 23.5 Å². The zero-order valence-electron chi connectivity index (χ0n) is 8.16. The van der Waals surface area contributed by atoms with Crippen LogP contribution in [0.5, 0.6) is 0 Å². The molecule has 0 radical (unpaired) electrons. The summed E-state index contributed by atoms with van der Waals surface area (Å²) >= 11 is 5.66. The minimum atomic E-state index is -4.27.